The van der Waals surface area contributed by atoms with Crippen molar-refractivity contribution in [1.29, 1.82) is 0 Å². The third-order valence-corrected chi connectivity index (χ3v) is 7.10. The Hall–Kier alpha value is -0.410. The Labute approximate surface area is 165 Å². The molecule has 0 bridgehead atoms. The van der Waals surface area contributed by atoms with Crippen molar-refractivity contribution >= 4 is 41.3 Å². The number of aromatic nitrogens is 1. The summed E-state index contributed by atoms with van der Waals surface area (Å²) < 4.78 is 5.99. The number of rotatable bonds is 3. The summed E-state index contributed by atoms with van der Waals surface area (Å²) in [6.45, 7) is 5.86. The molecule has 7 heteroatoms. The third kappa shape index (κ3) is 2.86. The van der Waals surface area contributed by atoms with Crippen LogP contribution in [0.25, 0.3) is 0 Å². The van der Waals surface area contributed by atoms with Crippen molar-refractivity contribution < 1.29 is 4.74 Å². The zero-order valence-corrected chi connectivity index (χ0v) is 17.7. The fourth-order valence-electron chi connectivity index (χ4n) is 4.57. The van der Waals surface area contributed by atoms with Gasteiger partial charge in [-0.1, -0.05) is 6.42 Å². The molecule has 3 unspecified atom stereocenters. The molecule has 2 N–H and O–H groups in total. The highest BCUT2D eigenvalue weighted by molar-refractivity contribution is 14.0. The molecule has 5 nitrogen and oxygen atoms in total. The van der Waals surface area contributed by atoms with Crippen molar-refractivity contribution in [1.82, 2.24) is 15.6 Å². The highest BCUT2D eigenvalue weighted by atomic mass is 127. The summed E-state index contributed by atoms with van der Waals surface area (Å²) in [5, 5.41) is 8.25. The number of aryl methyl sites for hydroxylation is 2. The van der Waals surface area contributed by atoms with E-state index in [1.165, 1.54) is 30.6 Å². The first-order valence-electron chi connectivity index (χ1n) is 8.66. The summed E-state index contributed by atoms with van der Waals surface area (Å²) in [7, 11) is 1.85. The van der Waals surface area contributed by atoms with Gasteiger partial charge in [0.2, 0.25) is 0 Å². The topological polar surface area (TPSA) is 58.5 Å². The molecule has 2 saturated carbocycles. The van der Waals surface area contributed by atoms with Gasteiger partial charge in [0.25, 0.3) is 0 Å². The quantitative estimate of drug-likeness (QED) is 0.412. The van der Waals surface area contributed by atoms with E-state index in [0.29, 0.717) is 23.5 Å². The molecule has 0 radical (unpaired) electrons. The second-order valence-corrected chi connectivity index (χ2v) is 8.42. The molecule has 3 aliphatic rings. The van der Waals surface area contributed by atoms with E-state index in [-0.39, 0.29) is 24.0 Å². The highest BCUT2D eigenvalue weighted by Crippen LogP contribution is 2.62. The number of nitrogens with zero attached hydrogens (tertiary/aromatic N) is 2. The number of ether oxygens (including phenoxy) is 1. The first kappa shape index (κ1) is 18.4. The number of hydrogen-bond acceptors (Lipinski definition) is 4. The first-order valence-corrected chi connectivity index (χ1v) is 9.47. The third-order valence-electron chi connectivity index (χ3n) is 6.03. The van der Waals surface area contributed by atoms with Crippen LogP contribution in [0.15, 0.2) is 4.99 Å². The number of aliphatic imine (C=N–C) groups is 1. The van der Waals surface area contributed by atoms with Crippen LogP contribution < -0.4 is 10.6 Å². The van der Waals surface area contributed by atoms with E-state index in [9.17, 15) is 0 Å². The van der Waals surface area contributed by atoms with Crippen molar-refractivity contribution in [2.45, 2.75) is 58.2 Å². The van der Waals surface area contributed by atoms with Gasteiger partial charge < -0.3 is 15.4 Å². The monoisotopic (exact) mass is 462 g/mol. The van der Waals surface area contributed by atoms with E-state index in [1.807, 2.05) is 7.05 Å². The zero-order valence-electron chi connectivity index (χ0n) is 14.6. The van der Waals surface area contributed by atoms with Gasteiger partial charge in [0.1, 0.15) is 5.01 Å². The smallest absolute Gasteiger partial charge is 0.191 e. The SMILES string of the molecule is CN=C(NCc1nc(C)c(C)s1)NC1C2CCOC2C12CCC2.I. The fraction of sp³-hybridized carbons (Fsp3) is 0.765. The minimum Gasteiger partial charge on any atom is -0.377 e. The standard InChI is InChI=1S/C17H26N4OS.HI/c1-10-11(2)23-13(20-10)9-19-16(18-3)21-14-12-5-8-22-15(12)17(14)6-4-7-17;/h12,14-15H,4-9H2,1-3H3,(H2,18,19,21);1H. The molecule has 3 atom stereocenters. The predicted octanol–water partition coefficient (Wildman–Crippen LogP) is 3.00. The summed E-state index contributed by atoms with van der Waals surface area (Å²) in [5.41, 5.74) is 1.51. The number of halogens is 1. The van der Waals surface area contributed by atoms with Gasteiger partial charge in [-0.25, -0.2) is 4.98 Å². The van der Waals surface area contributed by atoms with Crippen LogP contribution >= 0.6 is 35.3 Å². The van der Waals surface area contributed by atoms with E-state index in [1.54, 1.807) is 11.3 Å². The van der Waals surface area contributed by atoms with Crippen LogP contribution in [0, 0.1) is 25.2 Å². The van der Waals surface area contributed by atoms with Gasteiger partial charge in [-0.3, -0.25) is 4.99 Å². The van der Waals surface area contributed by atoms with Crippen molar-refractivity contribution in [3.05, 3.63) is 15.6 Å². The minimum absolute atomic E-state index is 0. The maximum atomic E-state index is 5.99. The number of guanidine groups is 1. The van der Waals surface area contributed by atoms with Crippen LogP contribution in [0.4, 0.5) is 0 Å². The van der Waals surface area contributed by atoms with Gasteiger partial charge in [0, 0.05) is 35.9 Å². The van der Waals surface area contributed by atoms with Crippen LogP contribution in [-0.2, 0) is 11.3 Å². The van der Waals surface area contributed by atoms with Crippen molar-refractivity contribution in [2.75, 3.05) is 13.7 Å². The Morgan fingerprint density at radius 1 is 1.42 bits per heavy atom. The largest absolute Gasteiger partial charge is 0.377 e. The van der Waals surface area contributed by atoms with Crippen molar-refractivity contribution in [3.8, 4) is 0 Å². The molecular weight excluding hydrogens is 435 g/mol. The van der Waals surface area contributed by atoms with E-state index in [2.05, 4.69) is 34.5 Å². The van der Waals surface area contributed by atoms with Crippen LogP contribution in [0.1, 0.15) is 41.3 Å². The van der Waals surface area contributed by atoms with Crippen LogP contribution in [0.5, 0.6) is 0 Å². The molecule has 134 valence electrons. The summed E-state index contributed by atoms with van der Waals surface area (Å²) in [6, 6.07) is 0.523. The molecule has 2 aliphatic carbocycles. The lowest BCUT2D eigenvalue weighted by atomic mass is 9.46. The minimum atomic E-state index is 0. The van der Waals surface area contributed by atoms with Gasteiger partial charge in [0.05, 0.1) is 18.3 Å². The molecule has 0 aromatic carbocycles. The summed E-state index contributed by atoms with van der Waals surface area (Å²) in [5.74, 6) is 1.57. The fourth-order valence-corrected chi connectivity index (χ4v) is 5.45. The highest BCUT2D eigenvalue weighted by Gasteiger charge is 2.66. The van der Waals surface area contributed by atoms with Crippen LogP contribution in [0.2, 0.25) is 0 Å². The molecule has 1 aromatic heterocycles. The van der Waals surface area contributed by atoms with Gasteiger partial charge in [-0.05, 0) is 33.1 Å². The lowest BCUT2D eigenvalue weighted by Gasteiger charge is -2.63. The number of fused-ring (bicyclic) bond motifs is 2. The van der Waals surface area contributed by atoms with E-state index >= 15 is 0 Å². The lowest BCUT2D eigenvalue weighted by molar-refractivity contribution is -0.171. The molecule has 1 spiro atoms. The zero-order chi connectivity index (χ0) is 16.0. The molecule has 24 heavy (non-hydrogen) atoms. The Morgan fingerprint density at radius 2 is 2.21 bits per heavy atom. The van der Waals surface area contributed by atoms with E-state index in [0.717, 1.165) is 29.8 Å². The van der Waals surface area contributed by atoms with Gasteiger partial charge in [0.15, 0.2) is 5.96 Å². The molecule has 2 heterocycles. The number of hydrogen-bond donors (Lipinski definition) is 2. The van der Waals surface area contributed by atoms with E-state index < -0.39 is 0 Å². The molecular formula is C17H27IN4OS. The maximum Gasteiger partial charge on any atom is 0.191 e. The second-order valence-electron chi connectivity index (χ2n) is 7.13. The van der Waals surface area contributed by atoms with Gasteiger partial charge >= 0.3 is 0 Å². The summed E-state index contributed by atoms with van der Waals surface area (Å²) in [4.78, 5) is 10.3. The first-order chi connectivity index (χ1) is 11.1. The Kier molecular flexibility index (Phi) is 5.42. The second kappa shape index (κ2) is 7.07. The number of thiazole rings is 1. The summed E-state index contributed by atoms with van der Waals surface area (Å²) >= 11 is 1.76. The van der Waals surface area contributed by atoms with Crippen molar-refractivity contribution in [2.24, 2.45) is 16.3 Å². The average molecular weight is 462 g/mol. The average Bonchev–Trinajstić information content (AvgIpc) is 3.03. The maximum absolute atomic E-state index is 5.99. The van der Waals surface area contributed by atoms with Crippen LogP contribution in [-0.4, -0.2) is 36.7 Å². The van der Waals surface area contributed by atoms with E-state index in [4.69, 9.17) is 4.74 Å². The van der Waals surface area contributed by atoms with Crippen LogP contribution in [0.3, 0.4) is 0 Å². The Balaban J connectivity index is 0.00000169. The van der Waals surface area contributed by atoms with Gasteiger partial charge in [-0.15, -0.1) is 35.3 Å². The Bertz CT molecular complexity index is 609. The van der Waals surface area contributed by atoms with Crippen molar-refractivity contribution in [3.63, 3.8) is 0 Å². The van der Waals surface area contributed by atoms with Gasteiger partial charge in [-0.2, -0.15) is 0 Å². The molecule has 1 saturated heterocycles. The normalized spacial score (nSPS) is 30.1. The molecule has 3 fully saturated rings. The molecule has 1 aromatic rings. The number of nitrogens with one attached hydrogen (secondary N) is 2. The lowest BCUT2D eigenvalue weighted by Crippen LogP contribution is -2.72. The predicted molar refractivity (Wildman–Crippen MR) is 108 cm³/mol. The Morgan fingerprint density at radius 3 is 2.79 bits per heavy atom. The summed E-state index contributed by atoms with van der Waals surface area (Å²) in [6.07, 6.45) is 5.62. The molecule has 1 aliphatic heterocycles. The molecule has 0 amide bonds. The molecule has 4 rings (SSSR count).